The summed E-state index contributed by atoms with van der Waals surface area (Å²) >= 11 is 3.19. The van der Waals surface area contributed by atoms with E-state index in [-0.39, 0.29) is 29.9 Å². The van der Waals surface area contributed by atoms with Crippen LogP contribution in [0.2, 0.25) is 0 Å². The lowest BCUT2D eigenvalue weighted by Crippen LogP contribution is -2.61. The molecule has 0 spiro atoms. The standard InChI is InChI=1S/C24H24N4O6S2/c1-3-8-35-21-23-26(12-25-21)10-18(36-23)16-9-17-19(13(2)29)22(30)27(17)20(16)24(31)34-11-14-4-6-15(7-5-14)28(32)33/h4-7,10,12-13,17,19,29H,3,8-9,11H2,1-2H3/t13-,17-,19-/m1/s1. The minimum Gasteiger partial charge on any atom is -0.456 e. The van der Waals surface area contributed by atoms with Gasteiger partial charge in [0.1, 0.15) is 28.5 Å². The number of ether oxygens (including phenoxy) is 1. The Labute approximate surface area is 214 Å². The molecule has 4 heterocycles. The summed E-state index contributed by atoms with van der Waals surface area (Å²) in [5, 5.41) is 21.9. The Morgan fingerprint density at radius 3 is 2.81 bits per heavy atom. The van der Waals surface area contributed by atoms with Crippen molar-refractivity contribution >= 4 is 51.1 Å². The molecule has 12 heteroatoms. The maximum atomic E-state index is 13.3. The molecule has 3 atom stereocenters. The Morgan fingerprint density at radius 1 is 1.39 bits per heavy atom. The number of non-ortho nitro benzene ring substituents is 1. The number of rotatable bonds is 9. The van der Waals surface area contributed by atoms with Crippen molar-refractivity contribution in [3.63, 3.8) is 0 Å². The second-order valence-corrected chi connectivity index (χ2v) is 10.9. The number of hydrogen-bond acceptors (Lipinski definition) is 9. The van der Waals surface area contributed by atoms with Crippen molar-refractivity contribution in [1.29, 1.82) is 0 Å². The summed E-state index contributed by atoms with van der Waals surface area (Å²) in [6.45, 7) is 3.61. The third-order valence-electron chi connectivity index (χ3n) is 6.36. The van der Waals surface area contributed by atoms with E-state index >= 15 is 0 Å². The maximum Gasteiger partial charge on any atom is 0.355 e. The molecule has 36 heavy (non-hydrogen) atoms. The van der Waals surface area contributed by atoms with Gasteiger partial charge in [-0.2, -0.15) is 0 Å². The van der Waals surface area contributed by atoms with E-state index in [2.05, 4.69) is 11.9 Å². The summed E-state index contributed by atoms with van der Waals surface area (Å²) in [5.41, 5.74) is 1.45. The van der Waals surface area contributed by atoms with Crippen LogP contribution >= 0.6 is 23.1 Å². The summed E-state index contributed by atoms with van der Waals surface area (Å²) in [6, 6.07) is 5.45. The SMILES string of the molecule is CCCSc1ncn2cc(C3=C(C(=O)OCc4ccc([N+](=O)[O-])cc4)N4C(=O)[C@H]([C@@H](C)O)[C@H]4C3)sc12. The number of carbonyl (C=O) groups excluding carboxylic acids is 2. The molecule has 2 aliphatic rings. The molecule has 1 aromatic carbocycles. The summed E-state index contributed by atoms with van der Waals surface area (Å²) in [5.74, 6) is -0.553. The highest BCUT2D eigenvalue weighted by atomic mass is 32.2. The molecule has 0 unspecified atom stereocenters. The molecular weight excluding hydrogens is 504 g/mol. The number of thiazole rings is 1. The fourth-order valence-corrected chi connectivity index (χ4v) is 6.70. The van der Waals surface area contributed by atoms with Crippen molar-refractivity contribution in [3.8, 4) is 0 Å². The summed E-state index contributed by atoms with van der Waals surface area (Å²) < 4.78 is 7.48. The number of nitro benzene ring substituents is 1. The lowest BCUT2D eigenvalue weighted by Gasteiger charge is -2.44. The van der Waals surface area contributed by atoms with Gasteiger partial charge in [0.05, 0.1) is 27.9 Å². The topological polar surface area (TPSA) is 127 Å². The number of esters is 1. The molecule has 2 aromatic heterocycles. The van der Waals surface area contributed by atoms with E-state index in [0.29, 0.717) is 17.6 Å². The number of hydrogen-bond donors (Lipinski definition) is 1. The second kappa shape index (κ2) is 9.68. The molecule has 1 saturated heterocycles. The van der Waals surface area contributed by atoms with E-state index in [1.165, 1.54) is 40.5 Å². The van der Waals surface area contributed by atoms with Crippen LogP contribution in [0.1, 0.15) is 37.1 Å². The van der Waals surface area contributed by atoms with Crippen LogP contribution < -0.4 is 0 Å². The normalized spacial score (nSPS) is 20.0. The first-order valence-corrected chi connectivity index (χ1v) is 13.3. The minimum absolute atomic E-state index is 0.0518. The average molecular weight is 529 g/mol. The number of thioether (sulfide) groups is 1. The van der Waals surface area contributed by atoms with Gasteiger partial charge in [-0.15, -0.1) is 23.1 Å². The van der Waals surface area contributed by atoms with Gasteiger partial charge in [0, 0.05) is 23.9 Å². The fraction of sp³-hybridized carbons (Fsp3) is 0.375. The first-order valence-electron chi connectivity index (χ1n) is 11.5. The van der Waals surface area contributed by atoms with Gasteiger partial charge < -0.3 is 14.7 Å². The van der Waals surface area contributed by atoms with E-state index in [9.17, 15) is 24.8 Å². The first kappa shape index (κ1) is 24.5. The van der Waals surface area contributed by atoms with Crippen molar-refractivity contribution in [2.45, 2.75) is 50.5 Å². The number of fused-ring (bicyclic) bond motifs is 2. The number of carbonyl (C=O) groups is 2. The van der Waals surface area contributed by atoms with Crippen LogP contribution in [-0.2, 0) is 20.9 Å². The second-order valence-electron chi connectivity index (χ2n) is 8.78. The zero-order chi connectivity index (χ0) is 25.6. The molecule has 10 nitrogen and oxygen atoms in total. The number of nitrogens with zero attached hydrogens (tertiary/aromatic N) is 4. The third kappa shape index (κ3) is 4.18. The molecular formula is C24H24N4O6S2. The summed E-state index contributed by atoms with van der Waals surface area (Å²) in [7, 11) is 0. The molecule has 0 aliphatic carbocycles. The van der Waals surface area contributed by atoms with E-state index < -0.39 is 22.9 Å². The summed E-state index contributed by atoms with van der Waals surface area (Å²) in [6.07, 6.45) is 4.30. The summed E-state index contributed by atoms with van der Waals surface area (Å²) in [4.78, 5) is 44.3. The van der Waals surface area contributed by atoms with Gasteiger partial charge in [-0.1, -0.05) is 6.92 Å². The monoisotopic (exact) mass is 528 g/mol. The quantitative estimate of drug-likeness (QED) is 0.146. The minimum atomic E-state index is -0.823. The fourth-order valence-electron chi connectivity index (χ4n) is 4.63. The predicted octanol–water partition coefficient (Wildman–Crippen LogP) is 3.87. The van der Waals surface area contributed by atoms with Crippen LogP contribution in [0, 0.1) is 16.0 Å². The molecule has 0 bridgehead atoms. The largest absolute Gasteiger partial charge is 0.456 e. The predicted molar refractivity (Wildman–Crippen MR) is 134 cm³/mol. The number of aromatic nitrogens is 2. The average Bonchev–Trinajstić information content (AvgIpc) is 3.52. The number of amides is 1. The van der Waals surface area contributed by atoms with Crippen LogP contribution in [-0.4, -0.2) is 54.1 Å². The molecule has 1 fully saturated rings. The zero-order valence-electron chi connectivity index (χ0n) is 19.6. The molecule has 188 valence electrons. The maximum absolute atomic E-state index is 13.3. The van der Waals surface area contributed by atoms with Crippen molar-refractivity contribution in [2.24, 2.45) is 5.92 Å². The smallest absolute Gasteiger partial charge is 0.355 e. The van der Waals surface area contributed by atoms with Crippen molar-refractivity contribution in [3.05, 3.63) is 63.0 Å². The van der Waals surface area contributed by atoms with E-state index in [4.69, 9.17) is 4.74 Å². The van der Waals surface area contributed by atoms with Crippen molar-refractivity contribution in [1.82, 2.24) is 14.3 Å². The van der Waals surface area contributed by atoms with Gasteiger partial charge >= 0.3 is 5.97 Å². The van der Waals surface area contributed by atoms with Crippen LogP contribution in [0.4, 0.5) is 5.69 Å². The Kier molecular flexibility index (Phi) is 6.58. The molecule has 1 amide bonds. The highest BCUT2D eigenvalue weighted by Gasteiger charge is 2.57. The molecule has 2 aliphatic heterocycles. The molecule has 3 aromatic rings. The van der Waals surface area contributed by atoms with Gasteiger partial charge in [0.25, 0.3) is 5.69 Å². The van der Waals surface area contributed by atoms with Crippen LogP contribution in [0.25, 0.3) is 10.4 Å². The van der Waals surface area contributed by atoms with Gasteiger partial charge in [-0.25, -0.2) is 9.78 Å². The molecule has 0 radical (unpaired) electrons. The third-order valence-corrected chi connectivity index (χ3v) is 8.84. The van der Waals surface area contributed by atoms with Gasteiger partial charge in [-0.05, 0) is 43.2 Å². The number of aliphatic hydroxyl groups is 1. The Bertz CT molecular complexity index is 1380. The van der Waals surface area contributed by atoms with Crippen molar-refractivity contribution < 1.29 is 24.4 Å². The van der Waals surface area contributed by atoms with Gasteiger partial charge in [-0.3, -0.25) is 19.3 Å². The van der Waals surface area contributed by atoms with Crippen LogP contribution in [0.5, 0.6) is 0 Å². The van der Waals surface area contributed by atoms with E-state index in [0.717, 1.165) is 26.9 Å². The van der Waals surface area contributed by atoms with Crippen LogP contribution in [0.3, 0.4) is 0 Å². The first-order chi connectivity index (χ1) is 17.3. The zero-order valence-corrected chi connectivity index (χ0v) is 21.3. The molecule has 5 rings (SSSR count). The van der Waals surface area contributed by atoms with Crippen LogP contribution in [0.15, 0.2) is 47.5 Å². The Morgan fingerprint density at radius 2 is 2.14 bits per heavy atom. The lowest BCUT2D eigenvalue weighted by atomic mass is 9.83. The van der Waals surface area contributed by atoms with E-state index in [1.807, 2.05) is 10.6 Å². The van der Waals surface area contributed by atoms with E-state index in [1.54, 1.807) is 25.0 Å². The van der Waals surface area contributed by atoms with Gasteiger partial charge in [0.2, 0.25) is 5.91 Å². The number of imidazole rings is 1. The number of nitro groups is 1. The molecule has 1 N–H and O–H groups in total. The Hall–Kier alpha value is -3.22. The number of aliphatic hydroxyl groups excluding tert-OH is 1. The number of β-lactam (4-membered cyclic amide) rings is 1. The van der Waals surface area contributed by atoms with Crippen molar-refractivity contribution in [2.75, 3.05) is 5.75 Å². The lowest BCUT2D eigenvalue weighted by molar-refractivity contribution is -0.384. The molecule has 0 saturated carbocycles. The number of benzene rings is 1. The van der Waals surface area contributed by atoms with Gasteiger partial charge in [0.15, 0.2) is 0 Å². The highest BCUT2D eigenvalue weighted by molar-refractivity contribution is 7.99. The Balaban J connectivity index is 1.44. The highest BCUT2D eigenvalue weighted by Crippen LogP contribution is 2.48.